The second-order valence-electron chi connectivity index (χ2n) is 5.98. The van der Waals surface area contributed by atoms with E-state index in [2.05, 4.69) is 5.32 Å². The lowest BCUT2D eigenvalue weighted by atomic mass is 10.1. The van der Waals surface area contributed by atoms with Crippen molar-refractivity contribution in [2.75, 3.05) is 32.8 Å². The number of amides is 2. The Morgan fingerprint density at radius 3 is 2.57 bits per heavy atom. The number of fused-ring (bicyclic) bond motifs is 1. The molecule has 0 radical (unpaired) electrons. The molecule has 0 aliphatic rings. The zero-order valence-corrected chi connectivity index (χ0v) is 16.4. The number of ether oxygens (including phenoxy) is 2. The van der Waals surface area contributed by atoms with Gasteiger partial charge < -0.3 is 24.1 Å². The normalized spacial score (nSPS) is 10.7. The summed E-state index contributed by atoms with van der Waals surface area (Å²) in [6.45, 7) is 6.33. The predicted octanol–water partition coefficient (Wildman–Crippen LogP) is 2.11. The molecule has 2 rings (SSSR count). The first-order valence-electron chi connectivity index (χ1n) is 9.31. The highest BCUT2D eigenvalue weighted by molar-refractivity contribution is 5.97. The molecule has 8 nitrogen and oxygen atoms in total. The Bertz CT molecular complexity index is 829. The van der Waals surface area contributed by atoms with Crippen molar-refractivity contribution in [3.05, 3.63) is 35.6 Å². The molecule has 1 heterocycles. The van der Waals surface area contributed by atoms with E-state index in [-0.39, 0.29) is 24.8 Å². The number of para-hydroxylation sites is 1. The van der Waals surface area contributed by atoms with Crippen LogP contribution in [-0.4, -0.2) is 55.5 Å². The van der Waals surface area contributed by atoms with Gasteiger partial charge in [0.25, 0.3) is 5.91 Å². The molecule has 2 amide bonds. The van der Waals surface area contributed by atoms with Crippen LogP contribution in [0, 0.1) is 0 Å². The first-order valence-corrected chi connectivity index (χ1v) is 9.31. The fraction of sp³-hybridized carbons (Fsp3) is 0.450. The van der Waals surface area contributed by atoms with E-state index < -0.39 is 18.5 Å². The predicted molar refractivity (Wildman–Crippen MR) is 103 cm³/mol. The summed E-state index contributed by atoms with van der Waals surface area (Å²) in [6.07, 6.45) is 0. The number of nitrogens with one attached hydrogen (secondary N) is 1. The average Bonchev–Trinajstić information content (AvgIpc) is 3.07. The van der Waals surface area contributed by atoms with Gasteiger partial charge in [-0.15, -0.1) is 0 Å². The van der Waals surface area contributed by atoms with Gasteiger partial charge >= 0.3 is 5.97 Å². The first-order chi connectivity index (χ1) is 13.5. The third-order valence-corrected chi connectivity index (χ3v) is 4.10. The van der Waals surface area contributed by atoms with Gasteiger partial charge in [-0.1, -0.05) is 18.2 Å². The van der Waals surface area contributed by atoms with Crippen molar-refractivity contribution in [2.24, 2.45) is 0 Å². The number of carbonyl (C=O) groups is 3. The van der Waals surface area contributed by atoms with Crippen LogP contribution < -0.4 is 5.32 Å². The molecule has 0 aliphatic heterocycles. The molecule has 2 aromatic rings. The molecule has 0 atom stereocenters. The summed E-state index contributed by atoms with van der Waals surface area (Å²) < 4.78 is 16.2. The highest BCUT2D eigenvalue weighted by atomic mass is 16.5. The van der Waals surface area contributed by atoms with Crippen LogP contribution in [0.4, 0.5) is 0 Å². The minimum atomic E-state index is -0.742. The molecule has 0 fully saturated rings. The van der Waals surface area contributed by atoms with Crippen LogP contribution in [0.15, 0.2) is 28.7 Å². The van der Waals surface area contributed by atoms with Gasteiger partial charge in [-0.25, -0.2) is 4.79 Å². The molecule has 0 aliphatic carbocycles. The summed E-state index contributed by atoms with van der Waals surface area (Å²) in [5.74, 6) is -1.44. The van der Waals surface area contributed by atoms with E-state index in [1.54, 1.807) is 26.0 Å². The fourth-order valence-corrected chi connectivity index (χ4v) is 2.70. The highest BCUT2D eigenvalue weighted by Crippen LogP contribution is 2.27. The van der Waals surface area contributed by atoms with Gasteiger partial charge in [0.05, 0.1) is 13.2 Å². The van der Waals surface area contributed by atoms with Gasteiger partial charge in [-0.2, -0.15) is 0 Å². The zero-order chi connectivity index (χ0) is 20.5. The highest BCUT2D eigenvalue weighted by Gasteiger charge is 2.24. The number of nitrogens with zero attached hydrogens (tertiary/aromatic N) is 1. The van der Waals surface area contributed by atoms with Crippen LogP contribution in [0.5, 0.6) is 0 Å². The average molecular weight is 390 g/mol. The summed E-state index contributed by atoms with van der Waals surface area (Å²) in [5, 5.41) is 3.39. The van der Waals surface area contributed by atoms with Gasteiger partial charge in [0, 0.05) is 30.6 Å². The number of benzene rings is 1. The Morgan fingerprint density at radius 2 is 1.89 bits per heavy atom. The third kappa shape index (κ3) is 5.32. The smallest absolute Gasteiger partial charge is 0.375 e. The standard InChI is InChI=1S/C20H26N2O6/c1-4-21-17(23)11-22(5-2)18(24)13-27-20(25)19-15(12-26-6-3)14-9-7-8-10-16(14)28-19/h7-10H,4-6,11-13H2,1-3H3,(H,21,23). The Balaban J connectivity index is 2.07. The van der Waals surface area contributed by atoms with E-state index in [9.17, 15) is 14.4 Å². The molecule has 0 bridgehead atoms. The summed E-state index contributed by atoms with van der Waals surface area (Å²) >= 11 is 0. The van der Waals surface area contributed by atoms with E-state index in [0.29, 0.717) is 30.8 Å². The van der Waals surface area contributed by atoms with Crippen molar-refractivity contribution >= 4 is 28.8 Å². The Morgan fingerprint density at radius 1 is 1.14 bits per heavy atom. The maximum absolute atomic E-state index is 12.5. The van der Waals surface area contributed by atoms with Crippen molar-refractivity contribution in [3.63, 3.8) is 0 Å². The molecule has 0 spiro atoms. The molecule has 0 saturated heterocycles. The minimum absolute atomic E-state index is 0.0224. The number of hydrogen-bond donors (Lipinski definition) is 1. The minimum Gasteiger partial charge on any atom is -0.450 e. The third-order valence-electron chi connectivity index (χ3n) is 4.10. The maximum atomic E-state index is 12.5. The van der Waals surface area contributed by atoms with E-state index in [4.69, 9.17) is 13.9 Å². The van der Waals surface area contributed by atoms with Crippen LogP contribution >= 0.6 is 0 Å². The topological polar surface area (TPSA) is 98.1 Å². The monoisotopic (exact) mass is 390 g/mol. The Labute approximate surface area is 163 Å². The molecule has 0 saturated carbocycles. The largest absolute Gasteiger partial charge is 0.450 e. The van der Waals surface area contributed by atoms with Gasteiger partial charge in [-0.3, -0.25) is 9.59 Å². The summed E-state index contributed by atoms with van der Waals surface area (Å²) in [5.41, 5.74) is 1.13. The van der Waals surface area contributed by atoms with E-state index in [1.807, 2.05) is 19.1 Å². The Kier molecular flexibility index (Phi) is 8.01. The van der Waals surface area contributed by atoms with Crippen LogP contribution in [0.3, 0.4) is 0 Å². The number of esters is 1. The molecular weight excluding hydrogens is 364 g/mol. The first kappa shape index (κ1) is 21.4. The summed E-state index contributed by atoms with van der Waals surface area (Å²) in [4.78, 5) is 37.8. The molecule has 0 unspecified atom stereocenters. The fourth-order valence-electron chi connectivity index (χ4n) is 2.70. The van der Waals surface area contributed by atoms with Crippen molar-refractivity contribution < 1.29 is 28.3 Å². The van der Waals surface area contributed by atoms with Crippen molar-refractivity contribution in [2.45, 2.75) is 27.4 Å². The van der Waals surface area contributed by atoms with E-state index in [0.717, 1.165) is 5.39 Å². The van der Waals surface area contributed by atoms with E-state index in [1.165, 1.54) is 4.90 Å². The summed E-state index contributed by atoms with van der Waals surface area (Å²) in [7, 11) is 0. The van der Waals surface area contributed by atoms with Crippen molar-refractivity contribution in [1.29, 1.82) is 0 Å². The maximum Gasteiger partial charge on any atom is 0.375 e. The second-order valence-corrected chi connectivity index (χ2v) is 5.98. The van der Waals surface area contributed by atoms with Crippen LogP contribution in [0.25, 0.3) is 11.0 Å². The molecule has 1 N–H and O–H groups in total. The van der Waals surface area contributed by atoms with Gasteiger partial charge in [-0.05, 0) is 26.8 Å². The quantitative estimate of drug-likeness (QED) is 0.624. The van der Waals surface area contributed by atoms with Crippen LogP contribution in [0.2, 0.25) is 0 Å². The second kappa shape index (κ2) is 10.5. The van der Waals surface area contributed by atoms with Crippen molar-refractivity contribution in [3.8, 4) is 0 Å². The molecule has 28 heavy (non-hydrogen) atoms. The van der Waals surface area contributed by atoms with Crippen LogP contribution in [0.1, 0.15) is 36.9 Å². The molecule has 152 valence electrons. The number of carbonyl (C=O) groups excluding carboxylic acids is 3. The van der Waals surface area contributed by atoms with Gasteiger partial charge in [0.1, 0.15) is 5.58 Å². The number of rotatable bonds is 10. The zero-order valence-electron chi connectivity index (χ0n) is 16.4. The van der Waals surface area contributed by atoms with E-state index >= 15 is 0 Å². The number of hydrogen-bond acceptors (Lipinski definition) is 6. The van der Waals surface area contributed by atoms with Gasteiger partial charge in [0.2, 0.25) is 11.7 Å². The Hall–Kier alpha value is -2.87. The number of furan rings is 1. The number of likely N-dealkylation sites (N-methyl/N-ethyl adjacent to an activating group) is 2. The van der Waals surface area contributed by atoms with Gasteiger partial charge in [0.15, 0.2) is 6.61 Å². The molecule has 8 heteroatoms. The molecule has 1 aromatic heterocycles. The summed E-state index contributed by atoms with van der Waals surface area (Å²) in [6, 6.07) is 7.22. The van der Waals surface area contributed by atoms with Crippen LogP contribution in [-0.2, 0) is 25.7 Å². The van der Waals surface area contributed by atoms with Crippen molar-refractivity contribution in [1.82, 2.24) is 10.2 Å². The SMILES string of the molecule is CCNC(=O)CN(CC)C(=O)COC(=O)c1oc2ccccc2c1COCC. The lowest BCUT2D eigenvalue weighted by Gasteiger charge is -2.19. The lowest BCUT2D eigenvalue weighted by Crippen LogP contribution is -2.42. The molecule has 1 aromatic carbocycles. The molecular formula is C20H26N2O6. The lowest BCUT2D eigenvalue weighted by molar-refractivity contribution is -0.138.